The molecule has 0 fully saturated rings. The molecule has 2 N–H and O–H groups in total. The maximum absolute atomic E-state index is 11.7. The first kappa shape index (κ1) is 15.8. The lowest BCUT2D eigenvalue weighted by Crippen LogP contribution is -2.26. The van der Waals surface area contributed by atoms with E-state index in [9.17, 15) is 9.59 Å². The Morgan fingerprint density at radius 2 is 2.00 bits per heavy atom. The molecule has 0 saturated carbocycles. The molecule has 0 unspecified atom stereocenters. The van der Waals surface area contributed by atoms with Crippen LogP contribution in [0.4, 0.5) is 0 Å². The van der Waals surface area contributed by atoms with Gasteiger partial charge in [0.1, 0.15) is 11.5 Å². The second-order valence-corrected chi connectivity index (χ2v) is 4.20. The molecular formula is C14H19NO5. The van der Waals surface area contributed by atoms with Crippen LogP contribution in [0.5, 0.6) is 11.5 Å². The Morgan fingerprint density at radius 1 is 1.25 bits per heavy atom. The summed E-state index contributed by atoms with van der Waals surface area (Å²) in [5.74, 6) is 0.215. The van der Waals surface area contributed by atoms with E-state index in [0.717, 1.165) is 5.56 Å². The molecule has 0 aromatic heterocycles. The topological polar surface area (TPSA) is 84.9 Å². The standard InChI is InChI=1S/C14H19NO5/c1-19-11-6-5-10(12(9-11)20-2)8-13(16)15-7-3-4-14(17)18/h5-6,9H,3-4,7-8H2,1-2H3,(H,15,16)(H,17,18). The van der Waals surface area contributed by atoms with E-state index >= 15 is 0 Å². The molecule has 0 spiro atoms. The van der Waals surface area contributed by atoms with Crippen LogP contribution in [0.25, 0.3) is 0 Å². The summed E-state index contributed by atoms with van der Waals surface area (Å²) in [6.45, 7) is 0.351. The summed E-state index contributed by atoms with van der Waals surface area (Å²) in [5.41, 5.74) is 0.754. The van der Waals surface area contributed by atoms with Crippen molar-refractivity contribution >= 4 is 11.9 Å². The van der Waals surface area contributed by atoms with Gasteiger partial charge in [0.2, 0.25) is 5.91 Å². The summed E-state index contributed by atoms with van der Waals surface area (Å²) in [7, 11) is 3.09. The Kier molecular flexibility index (Phi) is 6.36. The average molecular weight is 281 g/mol. The largest absolute Gasteiger partial charge is 0.497 e. The maximum Gasteiger partial charge on any atom is 0.303 e. The average Bonchev–Trinajstić information content (AvgIpc) is 2.43. The van der Waals surface area contributed by atoms with Gasteiger partial charge in [0.15, 0.2) is 0 Å². The molecule has 0 heterocycles. The number of aliphatic carboxylic acids is 1. The number of ether oxygens (including phenoxy) is 2. The molecule has 6 nitrogen and oxygen atoms in total. The van der Waals surface area contributed by atoms with Gasteiger partial charge in [-0.1, -0.05) is 6.07 Å². The molecule has 0 aliphatic rings. The SMILES string of the molecule is COc1ccc(CC(=O)NCCCC(=O)O)c(OC)c1. The third-order valence-electron chi connectivity index (χ3n) is 2.73. The number of carbonyl (C=O) groups excluding carboxylic acids is 1. The predicted molar refractivity (Wildman–Crippen MR) is 73.1 cm³/mol. The van der Waals surface area contributed by atoms with Gasteiger partial charge in [0, 0.05) is 24.6 Å². The van der Waals surface area contributed by atoms with Crippen molar-refractivity contribution < 1.29 is 24.2 Å². The molecule has 0 radical (unpaired) electrons. The highest BCUT2D eigenvalue weighted by Gasteiger charge is 2.09. The second kappa shape index (κ2) is 8.04. The van der Waals surface area contributed by atoms with E-state index in [1.54, 1.807) is 25.3 Å². The van der Waals surface area contributed by atoms with E-state index in [1.807, 2.05) is 0 Å². The lowest BCUT2D eigenvalue weighted by atomic mass is 10.1. The van der Waals surface area contributed by atoms with Crippen molar-refractivity contribution in [2.45, 2.75) is 19.3 Å². The Hall–Kier alpha value is -2.24. The van der Waals surface area contributed by atoms with E-state index < -0.39 is 5.97 Å². The van der Waals surface area contributed by atoms with Gasteiger partial charge < -0.3 is 19.9 Å². The molecule has 0 aliphatic carbocycles. The minimum atomic E-state index is -0.865. The molecular weight excluding hydrogens is 262 g/mol. The van der Waals surface area contributed by atoms with Crippen molar-refractivity contribution in [1.29, 1.82) is 0 Å². The maximum atomic E-state index is 11.7. The fourth-order valence-electron chi connectivity index (χ4n) is 1.70. The molecule has 0 bridgehead atoms. The van der Waals surface area contributed by atoms with E-state index in [0.29, 0.717) is 24.5 Å². The number of carboxylic acid groups (broad SMARTS) is 1. The number of methoxy groups -OCH3 is 2. The summed E-state index contributed by atoms with van der Waals surface area (Å²) in [6, 6.07) is 5.25. The van der Waals surface area contributed by atoms with Gasteiger partial charge >= 0.3 is 5.97 Å². The van der Waals surface area contributed by atoms with Crippen LogP contribution in [0.15, 0.2) is 18.2 Å². The molecule has 1 amide bonds. The van der Waals surface area contributed by atoms with Crippen molar-refractivity contribution in [3.63, 3.8) is 0 Å². The van der Waals surface area contributed by atoms with Gasteiger partial charge in [-0.2, -0.15) is 0 Å². The summed E-state index contributed by atoms with van der Waals surface area (Å²) < 4.78 is 10.3. The fourth-order valence-corrected chi connectivity index (χ4v) is 1.70. The first-order valence-corrected chi connectivity index (χ1v) is 6.26. The molecule has 6 heteroatoms. The highest BCUT2D eigenvalue weighted by molar-refractivity contribution is 5.79. The zero-order valence-electron chi connectivity index (χ0n) is 11.6. The van der Waals surface area contributed by atoms with Gasteiger partial charge in [0.05, 0.1) is 20.6 Å². The third-order valence-corrected chi connectivity index (χ3v) is 2.73. The van der Waals surface area contributed by atoms with Gasteiger partial charge in [-0.15, -0.1) is 0 Å². The summed E-state index contributed by atoms with van der Waals surface area (Å²) in [4.78, 5) is 22.1. The van der Waals surface area contributed by atoms with Crippen LogP contribution in [-0.4, -0.2) is 37.7 Å². The number of nitrogens with one attached hydrogen (secondary N) is 1. The normalized spacial score (nSPS) is 9.90. The van der Waals surface area contributed by atoms with Gasteiger partial charge in [0.25, 0.3) is 0 Å². The monoisotopic (exact) mass is 281 g/mol. The van der Waals surface area contributed by atoms with E-state index in [-0.39, 0.29) is 18.7 Å². The molecule has 0 atom stereocenters. The molecule has 20 heavy (non-hydrogen) atoms. The van der Waals surface area contributed by atoms with Crippen LogP contribution in [0.1, 0.15) is 18.4 Å². The Balaban J connectivity index is 2.51. The summed E-state index contributed by atoms with van der Waals surface area (Å²) >= 11 is 0. The van der Waals surface area contributed by atoms with Crippen molar-refractivity contribution in [3.8, 4) is 11.5 Å². The lowest BCUT2D eigenvalue weighted by molar-refractivity contribution is -0.137. The van der Waals surface area contributed by atoms with Crippen LogP contribution in [0.2, 0.25) is 0 Å². The molecule has 1 rings (SSSR count). The fraction of sp³-hybridized carbons (Fsp3) is 0.429. The zero-order valence-corrected chi connectivity index (χ0v) is 11.6. The highest BCUT2D eigenvalue weighted by atomic mass is 16.5. The van der Waals surface area contributed by atoms with Crippen molar-refractivity contribution in [3.05, 3.63) is 23.8 Å². The summed E-state index contributed by atoms with van der Waals surface area (Å²) in [6.07, 6.45) is 0.646. The lowest BCUT2D eigenvalue weighted by Gasteiger charge is -2.10. The Labute approximate surface area is 117 Å². The van der Waals surface area contributed by atoms with Crippen LogP contribution in [-0.2, 0) is 16.0 Å². The number of benzene rings is 1. The molecule has 0 aliphatic heterocycles. The van der Waals surface area contributed by atoms with Gasteiger partial charge in [-0.25, -0.2) is 0 Å². The van der Waals surface area contributed by atoms with Crippen LogP contribution >= 0.6 is 0 Å². The Morgan fingerprint density at radius 3 is 2.60 bits per heavy atom. The van der Waals surface area contributed by atoms with E-state index in [4.69, 9.17) is 14.6 Å². The Bertz CT molecular complexity index is 473. The van der Waals surface area contributed by atoms with Crippen LogP contribution in [0.3, 0.4) is 0 Å². The third kappa shape index (κ3) is 5.17. The molecule has 110 valence electrons. The van der Waals surface area contributed by atoms with Crippen molar-refractivity contribution in [1.82, 2.24) is 5.32 Å². The first-order valence-electron chi connectivity index (χ1n) is 6.26. The number of amides is 1. The minimum Gasteiger partial charge on any atom is -0.497 e. The highest BCUT2D eigenvalue weighted by Crippen LogP contribution is 2.24. The molecule has 1 aromatic rings. The van der Waals surface area contributed by atoms with Crippen molar-refractivity contribution in [2.24, 2.45) is 0 Å². The number of hydrogen-bond donors (Lipinski definition) is 2. The van der Waals surface area contributed by atoms with Gasteiger partial charge in [-0.3, -0.25) is 9.59 Å². The molecule has 1 aromatic carbocycles. The predicted octanol–water partition coefficient (Wildman–Crippen LogP) is 1.23. The van der Waals surface area contributed by atoms with E-state index in [1.165, 1.54) is 7.11 Å². The smallest absolute Gasteiger partial charge is 0.303 e. The number of hydrogen-bond acceptors (Lipinski definition) is 4. The molecule has 0 saturated heterocycles. The number of carbonyl (C=O) groups is 2. The quantitative estimate of drug-likeness (QED) is 0.700. The number of carboxylic acids is 1. The van der Waals surface area contributed by atoms with Gasteiger partial charge in [-0.05, 0) is 12.5 Å². The van der Waals surface area contributed by atoms with Crippen LogP contribution < -0.4 is 14.8 Å². The van der Waals surface area contributed by atoms with Crippen molar-refractivity contribution in [2.75, 3.05) is 20.8 Å². The first-order chi connectivity index (χ1) is 9.56. The zero-order chi connectivity index (χ0) is 15.0. The number of rotatable bonds is 8. The minimum absolute atomic E-state index is 0.0478. The van der Waals surface area contributed by atoms with E-state index in [2.05, 4.69) is 5.32 Å². The summed E-state index contributed by atoms with van der Waals surface area (Å²) in [5, 5.41) is 11.2. The second-order valence-electron chi connectivity index (χ2n) is 4.20. The van der Waals surface area contributed by atoms with Crippen LogP contribution in [0, 0.1) is 0 Å².